The summed E-state index contributed by atoms with van der Waals surface area (Å²) < 4.78 is 2.01. The summed E-state index contributed by atoms with van der Waals surface area (Å²) in [5.74, 6) is 0.560. The first-order valence-corrected chi connectivity index (χ1v) is 10.3. The Bertz CT molecular complexity index is 902. The predicted molar refractivity (Wildman–Crippen MR) is 108 cm³/mol. The fraction of sp³-hybridized carbons (Fsp3) is 0.450. The fourth-order valence-corrected chi connectivity index (χ4v) is 4.30. The fourth-order valence-electron chi connectivity index (χ4n) is 3.60. The van der Waals surface area contributed by atoms with Gasteiger partial charge in [0.15, 0.2) is 6.54 Å². The van der Waals surface area contributed by atoms with Crippen molar-refractivity contribution in [3.63, 3.8) is 0 Å². The number of amides is 2. The Hall–Kier alpha value is -2.63. The molecule has 2 aromatic heterocycles. The van der Waals surface area contributed by atoms with E-state index in [4.69, 9.17) is 0 Å². The lowest BCUT2D eigenvalue weighted by molar-refractivity contribution is -0.895. The number of carbonyl (C=O) groups excluding carboxylic acids is 2. The van der Waals surface area contributed by atoms with E-state index in [1.165, 1.54) is 4.88 Å². The zero-order valence-corrected chi connectivity index (χ0v) is 17.4. The molecule has 0 bridgehead atoms. The molecule has 0 unspecified atom stereocenters. The number of anilines is 1. The van der Waals surface area contributed by atoms with Gasteiger partial charge in [0.25, 0.3) is 5.91 Å². The third-order valence-corrected chi connectivity index (χ3v) is 6.28. The molecule has 8 heteroatoms. The van der Waals surface area contributed by atoms with Gasteiger partial charge in [-0.2, -0.15) is 5.26 Å². The van der Waals surface area contributed by atoms with Crippen LogP contribution in [0.25, 0.3) is 0 Å². The van der Waals surface area contributed by atoms with Crippen molar-refractivity contribution in [2.24, 2.45) is 0 Å². The van der Waals surface area contributed by atoms with Crippen LogP contribution in [0.1, 0.15) is 28.6 Å². The van der Waals surface area contributed by atoms with Gasteiger partial charge < -0.3 is 19.7 Å². The number of hydrogen-bond acceptors (Lipinski definition) is 4. The van der Waals surface area contributed by atoms with Gasteiger partial charge in [-0.15, -0.1) is 11.3 Å². The summed E-state index contributed by atoms with van der Waals surface area (Å²) >= 11 is 1.65. The van der Waals surface area contributed by atoms with Crippen LogP contribution in [0.2, 0.25) is 0 Å². The third-order valence-electron chi connectivity index (χ3n) is 5.42. The van der Waals surface area contributed by atoms with Crippen molar-refractivity contribution in [2.45, 2.75) is 27.3 Å². The SMILES string of the molecule is CC(=O)N1CC[NH+](CC(=O)Nc2c(C#N)c(C)c(C)n2Cc2cccs2)CC1. The van der Waals surface area contributed by atoms with Crippen LogP contribution in [-0.4, -0.2) is 54.0 Å². The van der Waals surface area contributed by atoms with Gasteiger partial charge in [-0.25, -0.2) is 0 Å². The molecule has 28 heavy (non-hydrogen) atoms. The number of nitrogens with one attached hydrogen (secondary N) is 2. The van der Waals surface area contributed by atoms with Gasteiger partial charge in [0, 0.05) is 17.5 Å². The summed E-state index contributed by atoms with van der Waals surface area (Å²) in [6.07, 6.45) is 0. The maximum atomic E-state index is 12.7. The van der Waals surface area contributed by atoms with Crippen molar-refractivity contribution in [3.05, 3.63) is 39.2 Å². The number of rotatable bonds is 5. The summed E-state index contributed by atoms with van der Waals surface area (Å²) in [5, 5.41) is 14.6. The summed E-state index contributed by atoms with van der Waals surface area (Å²) in [6, 6.07) is 6.30. The Kier molecular flexibility index (Phi) is 6.17. The van der Waals surface area contributed by atoms with Crippen LogP contribution in [0.3, 0.4) is 0 Å². The molecule has 148 valence electrons. The second-order valence-corrected chi connectivity index (χ2v) is 8.22. The van der Waals surface area contributed by atoms with Gasteiger partial charge >= 0.3 is 0 Å². The van der Waals surface area contributed by atoms with E-state index in [0.29, 0.717) is 37.6 Å². The van der Waals surface area contributed by atoms with E-state index in [1.807, 2.05) is 34.8 Å². The first-order valence-electron chi connectivity index (χ1n) is 9.41. The Labute approximate surface area is 169 Å². The van der Waals surface area contributed by atoms with Crippen LogP contribution >= 0.6 is 11.3 Å². The number of nitrogens with zero attached hydrogens (tertiary/aromatic N) is 3. The Morgan fingerprint density at radius 1 is 1.32 bits per heavy atom. The molecule has 7 nitrogen and oxygen atoms in total. The minimum absolute atomic E-state index is 0.0829. The molecule has 2 aromatic rings. The largest absolute Gasteiger partial charge is 0.332 e. The van der Waals surface area contributed by atoms with Crippen LogP contribution in [0, 0.1) is 25.2 Å². The predicted octanol–water partition coefficient (Wildman–Crippen LogP) is 0.772. The number of aromatic nitrogens is 1. The zero-order chi connectivity index (χ0) is 20.3. The molecule has 0 aromatic carbocycles. The van der Waals surface area contributed by atoms with Gasteiger partial charge in [-0.1, -0.05) is 6.07 Å². The standard InChI is InChI=1S/C20H25N5O2S/c1-14-15(2)25(12-17-5-4-10-28-17)20(18(14)11-21)22-19(27)13-23-6-8-24(9-7-23)16(3)26/h4-5,10H,6-9,12-13H2,1-3H3,(H,22,27)/p+1. The van der Waals surface area contributed by atoms with Crippen molar-refractivity contribution in [1.29, 1.82) is 5.26 Å². The summed E-state index contributed by atoms with van der Waals surface area (Å²) in [7, 11) is 0. The lowest BCUT2D eigenvalue weighted by Gasteiger charge is -2.31. The molecule has 1 aliphatic rings. The molecule has 3 rings (SSSR count). The van der Waals surface area contributed by atoms with Crippen LogP contribution < -0.4 is 10.2 Å². The van der Waals surface area contributed by atoms with Crippen molar-refractivity contribution >= 4 is 29.0 Å². The molecule has 0 radical (unpaired) electrons. The normalized spacial score (nSPS) is 14.7. The number of nitriles is 1. The van der Waals surface area contributed by atoms with Crippen molar-refractivity contribution < 1.29 is 14.5 Å². The van der Waals surface area contributed by atoms with E-state index in [0.717, 1.165) is 29.2 Å². The average molecular weight is 401 g/mol. The van der Waals surface area contributed by atoms with Crippen molar-refractivity contribution in [1.82, 2.24) is 9.47 Å². The van der Waals surface area contributed by atoms with Crippen molar-refractivity contribution in [2.75, 3.05) is 38.0 Å². The monoisotopic (exact) mass is 400 g/mol. The summed E-state index contributed by atoms with van der Waals surface area (Å²) in [5.41, 5.74) is 2.42. The van der Waals surface area contributed by atoms with Gasteiger partial charge in [-0.05, 0) is 30.9 Å². The molecule has 2 N–H and O–H groups in total. The molecule has 1 aliphatic heterocycles. The van der Waals surface area contributed by atoms with Gasteiger partial charge in [0.1, 0.15) is 11.9 Å². The van der Waals surface area contributed by atoms with E-state index in [-0.39, 0.29) is 11.8 Å². The van der Waals surface area contributed by atoms with Crippen LogP contribution in [-0.2, 0) is 16.1 Å². The smallest absolute Gasteiger partial charge is 0.280 e. The van der Waals surface area contributed by atoms with Gasteiger partial charge in [-0.3, -0.25) is 9.59 Å². The molecular formula is C20H26N5O2S+. The molecule has 1 fully saturated rings. The second kappa shape index (κ2) is 8.59. The molecule has 1 saturated heterocycles. The Balaban J connectivity index is 1.72. The first kappa shape index (κ1) is 20.1. The van der Waals surface area contributed by atoms with E-state index in [9.17, 15) is 14.9 Å². The Morgan fingerprint density at radius 2 is 2.04 bits per heavy atom. The summed E-state index contributed by atoms with van der Waals surface area (Å²) in [4.78, 5) is 28.3. The minimum Gasteiger partial charge on any atom is -0.332 e. The molecule has 0 atom stereocenters. The molecule has 0 aliphatic carbocycles. The second-order valence-electron chi connectivity index (χ2n) is 7.19. The van der Waals surface area contributed by atoms with E-state index in [1.54, 1.807) is 18.3 Å². The lowest BCUT2D eigenvalue weighted by Crippen LogP contribution is -3.15. The minimum atomic E-state index is -0.104. The molecule has 3 heterocycles. The summed E-state index contributed by atoms with van der Waals surface area (Å²) in [6.45, 7) is 9.30. The van der Waals surface area contributed by atoms with Crippen LogP contribution in [0.5, 0.6) is 0 Å². The zero-order valence-electron chi connectivity index (χ0n) is 16.5. The lowest BCUT2D eigenvalue weighted by atomic mass is 10.2. The maximum absolute atomic E-state index is 12.7. The number of piperazine rings is 1. The van der Waals surface area contributed by atoms with Crippen LogP contribution in [0.4, 0.5) is 5.82 Å². The number of thiophene rings is 1. The van der Waals surface area contributed by atoms with Gasteiger partial charge in [0.05, 0.1) is 38.3 Å². The highest BCUT2D eigenvalue weighted by atomic mass is 32.1. The number of quaternary nitrogens is 1. The quantitative estimate of drug-likeness (QED) is 0.778. The molecule has 0 spiro atoms. The maximum Gasteiger partial charge on any atom is 0.280 e. The number of carbonyl (C=O) groups is 2. The highest BCUT2D eigenvalue weighted by Gasteiger charge is 2.25. The van der Waals surface area contributed by atoms with Crippen molar-refractivity contribution in [3.8, 4) is 6.07 Å². The van der Waals surface area contributed by atoms with E-state index >= 15 is 0 Å². The highest BCUT2D eigenvalue weighted by Crippen LogP contribution is 2.28. The molecule has 2 amide bonds. The topological polar surface area (TPSA) is 82.6 Å². The molecule has 0 saturated carbocycles. The van der Waals surface area contributed by atoms with E-state index < -0.39 is 0 Å². The van der Waals surface area contributed by atoms with Gasteiger partial charge in [0.2, 0.25) is 5.91 Å². The Morgan fingerprint density at radius 3 is 2.61 bits per heavy atom. The highest BCUT2D eigenvalue weighted by molar-refractivity contribution is 7.09. The first-order chi connectivity index (χ1) is 13.4. The van der Waals surface area contributed by atoms with E-state index in [2.05, 4.69) is 17.5 Å². The number of hydrogen-bond donors (Lipinski definition) is 2. The van der Waals surface area contributed by atoms with Crippen LogP contribution in [0.15, 0.2) is 17.5 Å². The third kappa shape index (κ3) is 4.26. The molecular weight excluding hydrogens is 374 g/mol. The average Bonchev–Trinajstić information content (AvgIpc) is 3.25.